The monoisotopic (exact) mass is 456 g/mol. The van der Waals surface area contributed by atoms with Gasteiger partial charge in [0.15, 0.2) is 0 Å². The number of likely N-dealkylation sites (N-methyl/N-ethyl adjacent to an activating group) is 1. The van der Waals surface area contributed by atoms with E-state index < -0.39 is 6.04 Å². The van der Waals surface area contributed by atoms with Gasteiger partial charge in [0.2, 0.25) is 11.8 Å². The number of carbonyl (C=O) groups excluding carboxylic acids is 2. The van der Waals surface area contributed by atoms with Crippen molar-refractivity contribution in [3.63, 3.8) is 0 Å². The smallest absolute Gasteiger partial charge is 0.243 e. The molecule has 0 spiro atoms. The van der Waals surface area contributed by atoms with Crippen LogP contribution in [-0.2, 0) is 35.4 Å². The lowest BCUT2D eigenvalue weighted by Gasteiger charge is -2.31. The topological polar surface area (TPSA) is 49.4 Å². The number of benzene rings is 3. The molecule has 0 aliphatic heterocycles. The van der Waals surface area contributed by atoms with Gasteiger partial charge in [0.1, 0.15) is 6.04 Å². The van der Waals surface area contributed by atoms with E-state index in [0.29, 0.717) is 32.4 Å². The third-order valence-corrected chi connectivity index (χ3v) is 6.15. The zero-order chi connectivity index (χ0) is 24.3. The summed E-state index contributed by atoms with van der Waals surface area (Å²) in [6.45, 7) is 7.02. The predicted molar refractivity (Wildman–Crippen MR) is 138 cm³/mol. The zero-order valence-electron chi connectivity index (χ0n) is 20.6. The largest absolute Gasteiger partial charge is 0.355 e. The van der Waals surface area contributed by atoms with Crippen LogP contribution in [0.5, 0.6) is 0 Å². The van der Waals surface area contributed by atoms with Crippen LogP contribution < -0.4 is 5.32 Å². The Balaban J connectivity index is 1.85. The van der Waals surface area contributed by atoms with Crippen LogP contribution in [0.4, 0.5) is 0 Å². The average molecular weight is 457 g/mol. The first-order valence-electron chi connectivity index (χ1n) is 12.2. The molecule has 4 heteroatoms. The summed E-state index contributed by atoms with van der Waals surface area (Å²) in [5.74, 6) is -0.119. The lowest BCUT2D eigenvalue weighted by atomic mass is 10.0. The standard InChI is InChI=1S/C30H36N2O2/c1-4-24-15-17-25(18-16-24)19-20-29(33)32(22-27-13-11-23(3)12-14-27)28(30(34)31-5-2)21-26-9-7-6-8-10-26/h6-18,28H,4-5,19-22H2,1-3H3,(H,31,34). The highest BCUT2D eigenvalue weighted by Gasteiger charge is 2.29. The van der Waals surface area contributed by atoms with Gasteiger partial charge in [-0.1, -0.05) is 91.3 Å². The van der Waals surface area contributed by atoms with Gasteiger partial charge in [-0.25, -0.2) is 0 Å². The van der Waals surface area contributed by atoms with Crippen molar-refractivity contribution in [2.24, 2.45) is 0 Å². The molecule has 3 rings (SSSR count). The van der Waals surface area contributed by atoms with Crippen LogP contribution in [0.15, 0.2) is 78.9 Å². The van der Waals surface area contributed by atoms with Crippen molar-refractivity contribution in [2.75, 3.05) is 6.54 Å². The Morgan fingerprint density at radius 3 is 2.03 bits per heavy atom. The number of carbonyl (C=O) groups is 2. The first-order valence-corrected chi connectivity index (χ1v) is 12.2. The fourth-order valence-corrected chi connectivity index (χ4v) is 4.07. The molecular weight excluding hydrogens is 420 g/mol. The van der Waals surface area contributed by atoms with Gasteiger partial charge in [-0.2, -0.15) is 0 Å². The second kappa shape index (κ2) is 12.7. The van der Waals surface area contributed by atoms with Crippen molar-refractivity contribution in [3.8, 4) is 0 Å². The molecule has 1 atom stereocenters. The molecule has 0 saturated carbocycles. The van der Waals surface area contributed by atoms with Gasteiger partial charge in [0.05, 0.1) is 0 Å². The average Bonchev–Trinajstić information content (AvgIpc) is 2.87. The van der Waals surface area contributed by atoms with Crippen LogP contribution in [0, 0.1) is 6.92 Å². The van der Waals surface area contributed by atoms with Gasteiger partial charge >= 0.3 is 0 Å². The van der Waals surface area contributed by atoms with Crippen molar-refractivity contribution in [2.45, 2.75) is 59.0 Å². The van der Waals surface area contributed by atoms with E-state index in [4.69, 9.17) is 0 Å². The van der Waals surface area contributed by atoms with Crippen molar-refractivity contribution in [3.05, 3.63) is 107 Å². The van der Waals surface area contributed by atoms with Gasteiger partial charge in [-0.3, -0.25) is 9.59 Å². The molecule has 1 unspecified atom stereocenters. The summed E-state index contributed by atoms with van der Waals surface area (Å²) < 4.78 is 0. The van der Waals surface area contributed by atoms with Crippen LogP contribution in [0.3, 0.4) is 0 Å². The molecule has 0 heterocycles. The third kappa shape index (κ3) is 7.31. The molecule has 0 aliphatic rings. The molecule has 0 fully saturated rings. The van der Waals surface area contributed by atoms with Crippen molar-refractivity contribution in [1.29, 1.82) is 0 Å². The number of nitrogens with zero attached hydrogens (tertiary/aromatic N) is 1. The van der Waals surface area contributed by atoms with Gasteiger partial charge in [-0.05, 0) is 48.9 Å². The highest BCUT2D eigenvalue weighted by molar-refractivity contribution is 5.88. The first-order chi connectivity index (χ1) is 16.5. The molecular formula is C30H36N2O2. The Kier molecular flexibility index (Phi) is 9.45. The molecule has 3 aromatic rings. The normalized spacial score (nSPS) is 11.6. The van der Waals surface area contributed by atoms with E-state index >= 15 is 0 Å². The number of hydrogen-bond acceptors (Lipinski definition) is 2. The molecule has 0 saturated heterocycles. The number of aryl methyl sites for hydroxylation is 3. The Labute approximate surface area is 204 Å². The molecule has 3 aromatic carbocycles. The zero-order valence-corrected chi connectivity index (χ0v) is 20.6. The Morgan fingerprint density at radius 1 is 0.794 bits per heavy atom. The molecule has 4 nitrogen and oxygen atoms in total. The number of amides is 2. The Morgan fingerprint density at radius 2 is 1.41 bits per heavy atom. The van der Waals surface area contributed by atoms with E-state index in [2.05, 4.69) is 36.5 Å². The van der Waals surface area contributed by atoms with Gasteiger partial charge in [0, 0.05) is 25.9 Å². The van der Waals surface area contributed by atoms with Crippen molar-refractivity contribution >= 4 is 11.8 Å². The van der Waals surface area contributed by atoms with Gasteiger partial charge in [-0.15, -0.1) is 0 Å². The minimum Gasteiger partial charge on any atom is -0.355 e. The van der Waals surface area contributed by atoms with E-state index in [-0.39, 0.29) is 11.8 Å². The summed E-state index contributed by atoms with van der Waals surface area (Å²) in [6.07, 6.45) is 2.50. The number of rotatable bonds is 11. The van der Waals surface area contributed by atoms with Gasteiger partial charge in [0.25, 0.3) is 0 Å². The van der Waals surface area contributed by atoms with E-state index in [1.54, 1.807) is 4.90 Å². The highest BCUT2D eigenvalue weighted by Crippen LogP contribution is 2.17. The summed E-state index contributed by atoms with van der Waals surface area (Å²) >= 11 is 0. The first kappa shape index (κ1) is 25.2. The second-order valence-corrected chi connectivity index (χ2v) is 8.78. The van der Waals surface area contributed by atoms with E-state index in [9.17, 15) is 9.59 Å². The maximum Gasteiger partial charge on any atom is 0.243 e. The summed E-state index contributed by atoms with van der Waals surface area (Å²) in [6, 6.07) is 26.0. The minimum absolute atomic E-state index is 0.00710. The fourth-order valence-electron chi connectivity index (χ4n) is 4.07. The highest BCUT2D eigenvalue weighted by atomic mass is 16.2. The molecule has 34 heavy (non-hydrogen) atoms. The SMILES string of the molecule is CCNC(=O)C(Cc1ccccc1)N(Cc1ccc(C)cc1)C(=O)CCc1ccc(CC)cc1. The molecule has 178 valence electrons. The molecule has 0 bridgehead atoms. The van der Waals surface area contributed by atoms with Crippen LogP contribution in [0.1, 0.15) is 48.1 Å². The lowest BCUT2D eigenvalue weighted by Crippen LogP contribution is -2.50. The molecule has 0 radical (unpaired) electrons. The summed E-state index contributed by atoms with van der Waals surface area (Å²) in [4.78, 5) is 28.5. The van der Waals surface area contributed by atoms with Crippen LogP contribution in [0.2, 0.25) is 0 Å². The van der Waals surface area contributed by atoms with Crippen LogP contribution in [-0.4, -0.2) is 29.3 Å². The van der Waals surface area contributed by atoms with E-state index in [1.807, 2.05) is 68.4 Å². The summed E-state index contributed by atoms with van der Waals surface area (Å²) in [5.41, 5.74) is 5.65. The summed E-state index contributed by atoms with van der Waals surface area (Å²) in [5, 5.41) is 2.95. The van der Waals surface area contributed by atoms with Crippen LogP contribution in [0.25, 0.3) is 0 Å². The Bertz CT molecular complexity index is 1040. The van der Waals surface area contributed by atoms with Crippen molar-refractivity contribution < 1.29 is 9.59 Å². The number of hydrogen-bond donors (Lipinski definition) is 1. The predicted octanol–water partition coefficient (Wildman–Crippen LogP) is 5.27. The molecule has 2 amide bonds. The third-order valence-electron chi connectivity index (χ3n) is 6.15. The summed E-state index contributed by atoms with van der Waals surface area (Å²) in [7, 11) is 0. The molecule has 0 aromatic heterocycles. The Hall–Kier alpha value is -3.40. The van der Waals surface area contributed by atoms with Crippen LogP contribution >= 0.6 is 0 Å². The number of nitrogens with one attached hydrogen (secondary N) is 1. The minimum atomic E-state index is -0.571. The fraction of sp³-hybridized carbons (Fsp3) is 0.333. The molecule has 1 N–H and O–H groups in total. The maximum absolute atomic E-state index is 13.6. The quantitative estimate of drug-likeness (QED) is 0.428. The van der Waals surface area contributed by atoms with E-state index in [1.165, 1.54) is 11.1 Å². The van der Waals surface area contributed by atoms with Gasteiger partial charge < -0.3 is 10.2 Å². The molecule has 0 aliphatic carbocycles. The van der Waals surface area contributed by atoms with E-state index in [0.717, 1.165) is 23.1 Å². The maximum atomic E-state index is 13.6. The lowest BCUT2D eigenvalue weighted by molar-refractivity contribution is -0.141. The second-order valence-electron chi connectivity index (χ2n) is 8.78. The van der Waals surface area contributed by atoms with Crippen molar-refractivity contribution in [1.82, 2.24) is 10.2 Å².